The van der Waals surface area contributed by atoms with Crippen LogP contribution in [0.5, 0.6) is 0 Å². The Bertz CT molecular complexity index is 3460. The summed E-state index contributed by atoms with van der Waals surface area (Å²) in [5, 5.41) is 6.88. The summed E-state index contributed by atoms with van der Waals surface area (Å²) in [5.41, 5.74) is 25.1. The van der Waals surface area contributed by atoms with E-state index in [2.05, 4.69) is 222 Å². The molecule has 360 valence electrons. The highest BCUT2D eigenvalue weighted by atomic mass is 32.1. The minimum Gasteiger partial charge on any atom is -0.355 e. The van der Waals surface area contributed by atoms with Gasteiger partial charge in [0.2, 0.25) is 0 Å². The molecular weight excluding hydrogens is 876 g/mol. The third-order valence-corrected chi connectivity index (χ3v) is 19.7. The monoisotopic (exact) mass is 949 g/mol. The lowest BCUT2D eigenvalue weighted by Crippen LogP contribution is -2.44. The number of thiophene rings is 1. The molecule has 4 heteroatoms. The molecule has 0 atom stereocenters. The number of rotatable bonds is 5. The van der Waals surface area contributed by atoms with Crippen LogP contribution in [0.3, 0.4) is 0 Å². The van der Waals surface area contributed by atoms with E-state index in [1.165, 1.54) is 141 Å². The SMILES string of the molecule is Cc1cc2c(cc1N1c3cc4c(cc3Bc3c1cc1sc5ccccc5c1c3-c1cc3c(cc1Nc1ccc(-c5ccccc5)cc1)C(C)(C)CCC3(C)C)C(C)(C)CCC4(C)C)C(C)(C)CCC2(C)C. The lowest BCUT2D eigenvalue weighted by Gasteiger charge is -2.45. The molecule has 0 saturated carbocycles. The van der Waals surface area contributed by atoms with Crippen LogP contribution >= 0.6 is 11.3 Å². The summed E-state index contributed by atoms with van der Waals surface area (Å²) in [6.45, 7) is 32.2. The number of aryl methyl sites for hydroxylation is 1. The smallest absolute Gasteiger partial charge is 0.198 e. The fourth-order valence-corrected chi connectivity index (χ4v) is 14.7. The van der Waals surface area contributed by atoms with Gasteiger partial charge in [0.1, 0.15) is 0 Å². The largest absolute Gasteiger partial charge is 0.355 e. The predicted octanol–water partition coefficient (Wildman–Crippen LogP) is 17.7. The van der Waals surface area contributed by atoms with E-state index in [1.807, 2.05) is 11.3 Å². The number of nitrogens with zero attached hydrogens (tertiary/aromatic N) is 1. The molecule has 0 fully saturated rings. The molecule has 3 aliphatic carbocycles. The van der Waals surface area contributed by atoms with E-state index in [9.17, 15) is 0 Å². The van der Waals surface area contributed by atoms with Gasteiger partial charge < -0.3 is 10.2 Å². The van der Waals surface area contributed by atoms with Crippen LogP contribution in [0.2, 0.25) is 0 Å². The molecule has 2 nitrogen and oxygen atoms in total. The second-order valence-corrected chi connectivity index (χ2v) is 27.3. The van der Waals surface area contributed by atoms with E-state index in [0.717, 1.165) is 25.8 Å². The summed E-state index contributed by atoms with van der Waals surface area (Å²) >= 11 is 1.96. The number of nitrogens with one attached hydrogen (secondary N) is 1. The summed E-state index contributed by atoms with van der Waals surface area (Å²) in [7, 11) is 0.861. The van der Waals surface area contributed by atoms with E-state index in [-0.39, 0.29) is 32.5 Å². The summed E-state index contributed by atoms with van der Waals surface area (Å²) < 4.78 is 2.69. The molecule has 0 spiro atoms. The average Bonchev–Trinajstić information content (AvgIpc) is 3.70. The van der Waals surface area contributed by atoms with Crippen molar-refractivity contribution in [1.82, 2.24) is 0 Å². The van der Waals surface area contributed by atoms with Gasteiger partial charge in [-0.2, -0.15) is 0 Å². The minimum atomic E-state index is 0.0248. The van der Waals surface area contributed by atoms with E-state index in [4.69, 9.17) is 0 Å². The molecule has 0 saturated heterocycles. The van der Waals surface area contributed by atoms with Gasteiger partial charge in [0.05, 0.1) is 0 Å². The van der Waals surface area contributed by atoms with Crippen molar-refractivity contribution >= 4 is 78.2 Å². The van der Waals surface area contributed by atoms with E-state index >= 15 is 0 Å². The fraction of sp³-hybridized carbons (Fsp3) is 0.373. The van der Waals surface area contributed by atoms with Crippen LogP contribution in [-0.2, 0) is 32.5 Å². The Morgan fingerprint density at radius 3 is 1.56 bits per heavy atom. The molecule has 0 radical (unpaired) electrons. The van der Waals surface area contributed by atoms with Crippen LogP contribution in [0.25, 0.3) is 42.4 Å². The van der Waals surface area contributed by atoms with Gasteiger partial charge in [0.25, 0.3) is 0 Å². The van der Waals surface area contributed by atoms with E-state index < -0.39 is 0 Å². The zero-order valence-corrected chi connectivity index (χ0v) is 45.7. The van der Waals surface area contributed by atoms with Crippen LogP contribution < -0.4 is 21.1 Å². The van der Waals surface area contributed by atoms with Crippen LogP contribution in [0, 0.1) is 6.92 Å². The fourth-order valence-electron chi connectivity index (χ4n) is 13.6. The van der Waals surface area contributed by atoms with Crippen LogP contribution in [0.4, 0.5) is 28.4 Å². The molecule has 1 aliphatic heterocycles. The molecule has 0 unspecified atom stereocenters. The van der Waals surface area contributed by atoms with Crippen molar-refractivity contribution < 1.29 is 0 Å². The number of anilines is 5. The van der Waals surface area contributed by atoms with Gasteiger partial charge in [-0.05, 0) is 188 Å². The highest BCUT2D eigenvalue weighted by Gasteiger charge is 2.43. The van der Waals surface area contributed by atoms with Gasteiger partial charge in [-0.25, -0.2) is 0 Å². The summed E-state index contributed by atoms with van der Waals surface area (Å²) in [5.74, 6) is 0. The Labute approximate surface area is 429 Å². The first kappa shape index (κ1) is 46.5. The average molecular weight is 949 g/mol. The Balaban J connectivity index is 1.19. The van der Waals surface area contributed by atoms with E-state index in [1.54, 1.807) is 0 Å². The highest BCUT2D eigenvalue weighted by Crippen LogP contribution is 2.55. The van der Waals surface area contributed by atoms with Crippen molar-refractivity contribution in [3.05, 3.63) is 160 Å². The van der Waals surface area contributed by atoms with Gasteiger partial charge in [-0.3, -0.25) is 0 Å². The van der Waals surface area contributed by atoms with Crippen molar-refractivity contribution in [2.24, 2.45) is 0 Å². The summed E-state index contributed by atoms with van der Waals surface area (Å²) in [4.78, 5) is 2.76. The van der Waals surface area contributed by atoms with Crippen LogP contribution in [0.15, 0.2) is 121 Å². The molecule has 71 heavy (non-hydrogen) atoms. The molecular formula is C67H73BN2S. The van der Waals surface area contributed by atoms with Crippen LogP contribution in [0.1, 0.15) is 161 Å². The van der Waals surface area contributed by atoms with Crippen molar-refractivity contribution in [2.45, 2.75) is 161 Å². The van der Waals surface area contributed by atoms with E-state index in [0.29, 0.717) is 0 Å². The number of benzene rings is 7. The Morgan fingerprint density at radius 2 is 0.958 bits per heavy atom. The maximum atomic E-state index is 4.15. The first-order valence-electron chi connectivity index (χ1n) is 26.8. The first-order valence-corrected chi connectivity index (χ1v) is 27.6. The first-order chi connectivity index (χ1) is 33.5. The Kier molecular flexibility index (Phi) is 10.3. The minimum absolute atomic E-state index is 0.0248. The lowest BCUT2D eigenvalue weighted by atomic mass is 9.54. The quantitative estimate of drug-likeness (QED) is 0.173. The predicted molar refractivity (Wildman–Crippen MR) is 312 cm³/mol. The van der Waals surface area contributed by atoms with Gasteiger partial charge in [-0.1, -0.05) is 161 Å². The zero-order valence-electron chi connectivity index (χ0n) is 44.9. The maximum Gasteiger partial charge on any atom is 0.198 e. The van der Waals surface area contributed by atoms with Crippen molar-refractivity contribution in [1.29, 1.82) is 0 Å². The third-order valence-electron chi connectivity index (χ3n) is 18.6. The molecule has 8 aromatic rings. The normalized spacial score (nSPS) is 19.5. The zero-order chi connectivity index (χ0) is 49.8. The number of hydrogen-bond acceptors (Lipinski definition) is 3. The number of hydrogen-bond donors (Lipinski definition) is 1. The second-order valence-electron chi connectivity index (χ2n) is 26.3. The molecule has 2 heterocycles. The lowest BCUT2D eigenvalue weighted by molar-refractivity contribution is 0.331. The molecule has 0 bridgehead atoms. The van der Waals surface area contributed by atoms with Gasteiger partial charge >= 0.3 is 0 Å². The summed E-state index contributed by atoms with van der Waals surface area (Å²) in [6.07, 6.45) is 7.08. The Hall–Kier alpha value is -5.58. The topological polar surface area (TPSA) is 15.3 Å². The molecule has 7 aromatic carbocycles. The van der Waals surface area contributed by atoms with Crippen LogP contribution in [-0.4, -0.2) is 7.28 Å². The standard InChI is InChI=1S/C67H73BN2S/c1-40-33-46-50(66(10,11)31-27-62(46,2)3)37-54(40)70-55-38-51-48(64(6,7)29-32-67(51,12)13)35-52(55)68-61-56(70)39-58-59(44-21-17-18-22-57(44)71-58)60(61)45-34-47-49(65(8,9)30-28-63(47,4)5)36-53(45)69-43-25-23-42(24-26-43)41-19-15-14-16-20-41/h14-26,33-39,68-69H,27-32H2,1-13H3. The second kappa shape index (κ2) is 15.7. The third kappa shape index (κ3) is 7.38. The molecule has 12 rings (SSSR count). The van der Waals surface area contributed by atoms with Gasteiger partial charge in [0, 0.05) is 54.2 Å². The number of fused-ring (bicyclic) bond motifs is 8. The highest BCUT2D eigenvalue weighted by molar-refractivity contribution is 7.26. The summed E-state index contributed by atoms with van der Waals surface area (Å²) in [6, 6.07) is 47.5. The molecule has 1 N–H and O–H groups in total. The molecule has 4 aliphatic rings. The van der Waals surface area contributed by atoms with Crippen molar-refractivity contribution in [2.75, 3.05) is 10.2 Å². The van der Waals surface area contributed by atoms with Crippen molar-refractivity contribution in [3.63, 3.8) is 0 Å². The van der Waals surface area contributed by atoms with Crippen molar-refractivity contribution in [3.8, 4) is 22.3 Å². The maximum absolute atomic E-state index is 4.15. The van der Waals surface area contributed by atoms with Gasteiger partial charge in [-0.15, -0.1) is 11.3 Å². The molecule has 0 amide bonds. The van der Waals surface area contributed by atoms with Gasteiger partial charge in [0.15, 0.2) is 7.28 Å². The Morgan fingerprint density at radius 1 is 0.465 bits per heavy atom. The molecule has 1 aromatic heterocycles.